The van der Waals surface area contributed by atoms with Crippen LogP contribution >= 0.6 is 8.25 Å². The van der Waals surface area contributed by atoms with Gasteiger partial charge in [0, 0.05) is 13.0 Å². The molecule has 11 atom stereocenters. The van der Waals surface area contributed by atoms with Crippen molar-refractivity contribution < 1.29 is 28.6 Å². The molecule has 5 aliphatic rings. The number of allylic oxidation sites excluding steroid dienone is 1. The van der Waals surface area contributed by atoms with Crippen molar-refractivity contribution in [3.63, 3.8) is 0 Å². The highest BCUT2D eigenvalue weighted by molar-refractivity contribution is 7.32. The van der Waals surface area contributed by atoms with Gasteiger partial charge in [0.05, 0.1) is 18.8 Å². The van der Waals surface area contributed by atoms with Gasteiger partial charge in [-0.2, -0.15) is 0 Å². The first-order valence-electron chi connectivity index (χ1n) is 17.6. The SMILES string of the molecule is CC(C)CCC[C@@H](C)[C@H]1CC[C@H]2[C@@H]3CC=C4C[C@@H](OC(=O)N5CCCC5C(O)CCO[PH](=O)O)CC[C@]4(C)[C@H]3CC[C@]12C. The van der Waals surface area contributed by atoms with Crippen LogP contribution in [-0.4, -0.2) is 52.4 Å². The van der Waals surface area contributed by atoms with E-state index in [1.54, 1.807) is 4.90 Å². The molecule has 0 aromatic rings. The lowest BCUT2D eigenvalue weighted by Crippen LogP contribution is -2.51. The average Bonchev–Trinajstić information content (AvgIpc) is 3.58. The number of aliphatic hydroxyl groups excluding tert-OH is 1. The molecule has 7 nitrogen and oxygen atoms in total. The number of hydrogen-bond acceptors (Lipinski definition) is 5. The molecule has 0 aromatic carbocycles. The minimum absolute atomic E-state index is 0.00433. The van der Waals surface area contributed by atoms with Gasteiger partial charge in [0.15, 0.2) is 0 Å². The van der Waals surface area contributed by atoms with Gasteiger partial charge >= 0.3 is 14.3 Å². The summed E-state index contributed by atoms with van der Waals surface area (Å²) < 4.78 is 21.7. The maximum Gasteiger partial charge on any atom is 0.410 e. The summed E-state index contributed by atoms with van der Waals surface area (Å²) in [6, 6.07) is -0.328. The normalized spacial score (nSPS) is 39.4. The van der Waals surface area contributed by atoms with E-state index in [0.717, 1.165) is 61.2 Å². The molecule has 1 aliphatic heterocycles. The molecule has 0 bridgehead atoms. The highest BCUT2D eigenvalue weighted by atomic mass is 31.1. The fraction of sp³-hybridized carbons (Fsp3) is 0.914. The van der Waals surface area contributed by atoms with Gasteiger partial charge in [0.1, 0.15) is 6.10 Å². The summed E-state index contributed by atoms with van der Waals surface area (Å²) in [5.41, 5.74) is 2.23. The van der Waals surface area contributed by atoms with Crippen LogP contribution in [0.2, 0.25) is 0 Å². The van der Waals surface area contributed by atoms with Crippen LogP contribution in [0.25, 0.3) is 0 Å². The summed E-state index contributed by atoms with van der Waals surface area (Å²) in [7, 11) is -3.01. The van der Waals surface area contributed by atoms with Gasteiger partial charge in [-0.05, 0) is 111 Å². The van der Waals surface area contributed by atoms with E-state index in [9.17, 15) is 14.5 Å². The van der Waals surface area contributed by atoms with Gasteiger partial charge in [-0.3, -0.25) is 4.57 Å². The number of carbonyl (C=O) groups is 1. The molecule has 246 valence electrons. The van der Waals surface area contributed by atoms with Crippen molar-refractivity contribution in [3.05, 3.63) is 11.6 Å². The number of hydrogen-bond donors (Lipinski definition) is 2. The molecule has 3 saturated carbocycles. The lowest BCUT2D eigenvalue weighted by Gasteiger charge is -2.58. The van der Waals surface area contributed by atoms with Crippen LogP contribution in [0.4, 0.5) is 4.79 Å². The number of aliphatic hydroxyl groups is 1. The van der Waals surface area contributed by atoms with E-state index in [1.807, 2.05) is 0 Å². The van der Waals surface area contributed by atoms with E-state index in [0.29, 0.717) is 18.4 Å². The molecule has 0 aromatic heterocycles. The monoisotopic (exact) mass is 621 g/mol. The minimum Gasteiger partial charge on any atom is -0.446 e. The molecule has 4 aliphatic carbocycles. The summed E-state index contributed by atoms with van der Waals surface area (Å²) in [5, 5.41) is 10.7. The molecule has 3 unspecified atom stereocenters. The molecule has 2 N–H and O–H groups in total. The van der Waals surface area contributed by atoms with E-state index in [4.69, 9.17) is 14.2 Å². The zero-order valence-electron chi connectivity index (χ0n) is 27.6. The second-order valence-corrected chi connectivity index (χ2v) is 16.7. The number of carbonyl (C=O) groups excluding carboxylic acids is 1. The predicted octanol–water partition coefficient (Wildman–Crippen LogP) is 8.15. The molecule has 1 heterocycles. The van der Waals surface area contributed by atoms with Crippen LogP contribution in [0.5, 0.6) is 0 Å². The van der Waals surface area contributed by atoms with Gasteiger partial charge in [-0.15, -0.1) is 0 Å². The minimum atomic E-state index is -3.01. The Morgan fingerprint density at radius 3 is 2.60 bits per heavy atom. The van der Waals surface area contributed by atoms with Crippen LogP contribution in [-0.2, 0) is 13.8 Å². The van der Waals surface area contributed by atoms with Crippen molar-refractivity contribution in [3.8, 4) is 0 Å². The Morgan fingerprint density at radius 1 is 1.07 bits per heavy atom. The van der Waals surface area contributed by atoms with E-state index in [-0.39, 0.29) is 36.7 Å². The fourth-order valence-corrected chi connectivity index (χ4v) is 11.1. The van der Waals surface area contributed by atoms with Crippen molar-refractivity contribution in [1.29, 1.82) is 0 Å². The quantitative estimate of drug-likeness (QED) is 0.179. The third kappa shape index (κ3) is 6.96. The van der Waals surface area contributed by atoms with Crippen LogP contribution in [0.15, 0.2) is 11.6 Å². The Labute approximate surface area is 261 Å². The highest BCUT2D eigenvalue weighted by Crippen LogP contribution is 2.67. The van der Waals surface area contributed by atoms with Crippen molar-refractivity contribution in [1.82, 2.24) is 4.90 Å². The molecule has 43 heavy (non-hydrogen) atoms. The lowest BCUT2D eigenvalue weighted by molar-refractivity contribution is -0.0600. The van der Waals surface area contributed by atoms with E-state index >= 15 is 0 Å². The molecule has 8 heteroatoms. The second-order valence-electron chi connectivity index (χ2n) is 15.9. The first-order valence-corrected chi connectivity index (χ1v) is 18.9. The van der Waals surface area contributed by atoms with Gasteiger partial charge in [-0.1, -0.05) is 65.5 Å². The van der Waals surface area contributed by atoms with Gasteiger partial charge < -0.3 is 24.2 Å². The maximum absolute atomic E-state index is 13.3. The fourth-order valence-electron chi connectivity index (χ4n) is 10.8. The number of nitrogens with zero attached hydrogens (tertiary/aromatic N) is 1. The molecular formula is C35H60NO6P. The highest BCUT2D eigenvalue weighted by Gasteiger charge is 2.59. The van der Waals surface area contributed by atoms with E-state index < -0.39 is 14.4 Å². The lowest BCUT2D eigenvalue weighted by atomic mass is 9.47. The van der Waals surface area contributed by atoms with Gasteiger partial charge in [0.2, 0.25) is 0 Å². The van der Waals surface area contributed by atoms with Crippen molar-refractivity contribution in [2.24, 2.45) is 46.3 Å². The number of amides is 1. The van der Waals surface area contributed by atoms with E-state index in [2.05, 4.69) is 40.7 Å². The number of likely N-dealkylation sites (tertiary alicyclic amines) is 1. The second kappa shape index (κ2) is 13.9. The van der Waals surface area contributed by atoms with Crippen molar-refractivity contribution in [2.75, 3.05) is 13.2 Å². The van der Waals surface area contributed by atoms with Crippen LogP contribution in [0.3, 0.4) is 0 Å². The zero-order valence-corrected chi connectivity index (χ0v) is 28.6. The molecule has 1 saturated heterocycles. The van der Waals surface area contributed by atoms with Crippen LogP contribution in [0.1, 0.15) is 125 Å². The Morgan fingerprint density at radius 2 is 1.86 bits per heavy atom. The number of ether oxygens (including phenoxy) is 1. The number of fused-ring (bicyclic) bond motifs is 5. The van der Waals surface area contributed by atoms with Gasteiger partial charge in [0.25, 0.3) is 0 Å². The first kappa shape index (κ1) is 33.5. The van der Waals surface area contributed by atoms with Crippen LogP contribution in [0, 0.1) is 46.3 Å². The van der Waals surface area contributed by atoms with Crippen LogP contribution < -0.4 is 0 Å². The number of rotatable bonds is 11. The topological polar surface area (TPSA) is 96.3 Å². The molecule has 4 fully saturated rings. The summed E-state index contributed by atoms with van der Waals surface area (Å²) >= 11 is 0. The summed E-state index contributed by atoms with van der Waals surface area (Å²) in [4.78, 5) is 23.8. The summed E-state index contributed by atoms with van der Waals surface area (Å²) in [6.07, 6.45) is 16.8. The van der Waals surface area contributed by atoms with Crippen molar-refractivity contribution >= 4 is 14.3 Å². The van der Waals surface area contributed by atoms with Gasteiger partial charge in [-0.25, -0.2) is 4.79 Å². The smallest absolute Gasteiger partial charge is 0.410 e. The molecular weight excluding hydrogens is 561 g/mol. The Kier molecular flexibility index (Phi) is 10.8. The average molecular weight is 622 g/mol. The maximum atomic E-state index is 13.3. The zero-order chi connectivity index (χ0) is 30.9. The molecule has 0 radical (unpaired) electrons. The molecule has 1 amide bonds. The Hall–Kier alpha value is -0.880. The Balaban J connectivity index is 1.18. The third-order valence-electron chi connectivity index (χ3n) is 13.1. The summed E-state index contributed by atoms with van der Waals surface area (Å²) in [6.45, 7) is 13.0. The Bertz CT molecular complexity index is 1030. The summed E-state index contributed by atoms with van der Waals surface area (Å²) in [5.74, 6) is 4.89. The standard InChI is InChI=1S/C35H60NO6P/c1-23(2)8-6-9-24(3)28-13-14-29-27-12-11-25-22-26(15-18-34(25,4)30(27)16-19-35(28,29)5)42-33(38)36-20-7-10-31(36)32(37)17-21-41-43(39)40/h11,23-24,26-32,37,43H,6-10,12-22H2,1-5H3,(H,39,40)/t24-,26+,27+,28-,29+,30+,31?,32?,34+,35-/m1/s1. The third-order valence-corrected chi connectivity index (χ3v) is 13.6. The van der Waals surface area contributed by atoms with Crippen molar-refractivity contribution in [2.45, 2.75) is 143 Å². The largest absolute Gasteiger partial charge is 0.446 e. The molecule has 5 rings (SSSR count). The van der Waals surface area contributed by atoms with E-state index in [1.165, 1.54) is 56.9 Å². The predicted molar refractivity (Wildman–Crippen MR) is 171 cm³/mol. The first-order chi connectivity index (χ1) is 20.4. The molecule has 0 spiro atoms.